The molecule has 1 fully saturated rings. The third-order valence-corrected chi connectivity index (χ3v) is 4.54. The van der Waals surface area contributed by atoms with E-state index < -0.39 is 0 Å². The molecule has 3 aromatic rings. The predicted molar refractivity (Wildman–Crippen MR) is 101 cm³/mol. The summed E-state index contributed by atoms with van der Waals surface area (Å²) in [5.74, 6) is -0.979. The molecule has 0 aromatic heterocycles. The molecule has 0 bridgehead atoms. The van der Waals surface area contributed by atoms with Crippen molar-refractivity contribution in [1.29, 1.82) is 0 Å². The second-order valence-electron chi connectivity index (χ2n) is 6.48. The fourth-order valence-electron chi connectivity index (χ4n) is 3.26. The molecule has 0 saturated carbocycles. The summed E-state index contributed by atoms with van der Waals surface area (Å²) in [6.07, 6.45) is 0. The Bertz CT molecular complexity index is 819. The zero-order valence-corrected chi connectivity index (χ0v) is 14.5. The van der Waals surface area contributed by atoms with Crippen LogP contribution in [0.3, 0.4) is 0 Å². The smallest absolute Gasteiger partial charge is 0.125 e. The average molecular weight is 369 g/mol. The molecule has 0 unspecified atom stereocenters. The van der Waals surface area contributed by atoms with Crippen molar-refractivity contribution in [3.63, 3.8) is 0 Å². The standard InChI is InChI=1S/C21H18F3N3/c22-16-4-1-7-19(10-16)25-13-26(20-8-2-5-17(23)11-20)15-27(14-25)21-9-3-6-18(24)12-21/h1-12H,13-15H2. The molecule has 4 rings (SSSR count). The van der Waals surface area contributed by atoms with E-state index in [1.807, 2.05) is 32.9 Å². The van der Waals surface area contributed by atoms with E-state index in [2.05, 4.69) is 0 Å². The first-order valence-corrected chi connectivity index (χ1v) is 8.60. The van der Waals surface area contributed by atoms with Crippen LogP contribution in [-0.4, -0.2) is 20.0 Å². The molecule has 1 aliphatic heterocycles. The summed E-state index contributed by atoms with van der Waals surface area (Å²) in [5, 5.41) is 0. The number of nitrogens with zero attached hydrogens (tertiary/aromatic N) is 3. The van der Waals surface area contributed by atoms with Crippen LogP contribution in [0.1, 0.15) is 0 Å². The van der Waals surface area contributed by atoms with Gasteiger partial charge in [0.1, 0.15) is 17.5 Å². The van der Waals surface area contributed by atoms with Gasteiger partial charge < -0.3 is 14.7 Å². The van der Waals surface area contributed by atoms with Gasteiger partial charge in [-0.15, -0.1) is 0 Å². The summed E-state index contributed by atoms with van der Waals surface area (Å²) in [6.45, 7) is 1.37. The first kappa shape index (κ1) is 17.3. The molecule has 27 heavy (non-hydrogen) atoms. The summed E-state index contributed by atoms with van der Waals surface area (Å²) in [5.41, 5.74) is 2.12. The van der Waals surface area contributed by atoms with Crippen molar-refractivity contribution in [2.75, 3.05) is 34.7 Å². The van der Waals surface area contributed by atoms with Crippen LogP contribution in [-0.2, 0) is 0 Å². The Morgan fingerprint density at radius 3 is 1.04 bits per heavy atom. The molecule has 0 atom stereocenters. The summed E-state index contributed by atoms with van der Waals surface area (Å²) in [7, 11) is 0. The second-order valence-corrected chi connectivity index (χ2v) is 6.48. The molecule has 3 aromatic carbocycles. The molecular formula is C21H18F3N3. The predicted octanol–water partition coefficient (Wildman–Crippen LogP) is 4.81. The van der Waals surface area contributed by atoms with Gasteiger partial charge in [-0.05, 0) is 54.6 Å². The normalized spacial score (nSPS) is 14.6. The highest BCUT2D eigenvalue weighted by atomic mass is 19.1. The SMILES string of the molecule is Fc1cccc(N2CN(c3cccc(F)c3)CN(c3cccc(F)c3)C2)c1. The number of anilines is 3. The molecule has 0 N–H and O–H groups in total. The molecule has 0 amide bonds. The maximum atomic E-state index is 13.7. The van der Waals surface area contributed by atoms with Crippen LogP contribution >= 0.6 is 0 Å². The van der Waals surface area contributed by atoms with Gasteiger partial charge in [0.25, 0.3) is 0 Å². The minimum Gasteiger partial charge on any atom is -0.336 e. The molecule has 0 aliphatic carbocycles. The van der Waals surface area contributed by atoms with Gasteiger partial charge >= 0.3 is 0 Å². The van der Waals surface area contributed by atoms with E-state index in [1.54, 1.807) is 18.2 Å². The Balaban J connectivity index is 1.70. The fourth-order valence-corrected chi connectivity index (χ4v) is 3.26. The highest BCUT2D eigenvalue weighted by molar-refractivity contribution is 5.58. The lowest BCUT2D eigenvalue weighted by Crippen LogP contribution is -2.55. The van der Waals surface area contributed by atoms with Gasteiger partial charge in [-0.25, -0.2) is 13.2 Å². The lowest BCUT2D eigenvalue weighted by Gasteiger charge is -2.45. The molecule has 0 radical (unpaired) electrons. The fraction of sp³-hybridized carbons (Fsp3) is 0.143. The van der Waals surface area contributed by atoms with Gasteiger partial charge in [-0.3, -0.25) is 0 Å². The second kappa shape index (κ2) is 7.23. The zero-order valence-electron chi connectivity index (χ0n) is 14.5. The number of rotatable bonds is 3. The summed E-state index contributed by atoms with van der Waals surface area (Å²) >= 11 is 0. The topological polar surface area (TPSA) is 9.72 Å². The third kappa shape index (κ3) is 3.84. The Morgan fingerprint density at radius 2 is 0.778 bits per heavy atom. The minimum atomic E-state index is -0.326. The van der Waals surface area contributed by atoms with Gasteiger partial charge in [0.15, 0.2) is 0 Å². The maximum Gasteiger partial charge on any atom is 0.125 e. The summed E-state index contributed by atoms with van der Waals surface area (Å²) in [4.78, 5) is 5.88. The first-order chi connectivity index (χ1) is 13.1. The summed E-state index contributed by atoms with van der Waals surface area (Å²) < 4.78 is 41.1. The molecular weight excluding hydrogens is 351 g/mol. The van der Waals surface area contributed by atoms with Crippen molar-refractivity contribution in [3.05, 3.63) is 90.2 Å². The van der Waals surface area contributed by atoms with Crippen molar-refractivity contribution >= 4 is 17.1 Å². The van der Waals surface area contributed by atoms with Crippen LogP contribution in [0, 0.1) is 17.5 Å². The largest absolute Gasteiger partial charge is 0.336 e. The van der Waals surface area contributed by atoms with Crippen LogP contribution in [0.5, 0.6) is 0 Å². The van der Waals surface area contributed by atoms with Crippen molar-refractivity contribution in [2.45, 2.75) is 0 Å². The quantitative estimate of drug-likeness (QED) is 0.656. The highest BCUT2D eigenvalue weighted by Gasteiger charge is 2.25. The molecule has 1 aliphatic rings. The van der Waals surface area contributed by atoms with Gasteiger partial charge in [0.05, 0.1) is 20.0 Å². The minimum absolute atomic E-state index is 0.326. The van der Waals surface area contributed by atoms with Crippen LogP contribution < -0.4 is 14.7 Å². The average Bonchev–Trinajstić information content (AvgIpc) is 2.68. The Hall–Kier alpha value is -3.15. The Kier molecular flexibility index (Phi) is 4.62. The lowest BCUT2D eigenvalue weighted by molar-refractivity contribution is 0.592. The third-order valence-electron chi connectivity index (χ3n) is 4.54. The van der Waals surface area contributed by atoms with E-state index in [-0.39, 0.29) is 17.5 Å². The van der Waals surface area contributed by atoms with E-state index in [0.717, 1.165) is 0 Å². The van der Waals surface area contributed by atoms with Gasteiger partial charge in [-0.2, -0.15) is 0 Å². The summed E-state index contributed by atoms with van der Waals surface area (Å²) in [6, 6.07) is 19.0. The van der Waals surface area contributed by atoms with Crippen molar-refractivity contribution in [2.24, 2.45) is 0 Å². The molecule has 1 saturated heterocycles. The van der Waals surface area contributed by atoms with Gasteiger partial charge in [-0.1, -0.05) is 18.2 Å². The van der Waals surface area contributed by atoms with Crippen molar-refractivity contribution in [3.8, 4) is 0 Å². The van der Waals surface area contributed by atoms with Gasteiger partial charge in [0, 0.05) is 17.1 Å². The van der Waals surface area contributed by atoms with Gasteiger partial charge in [0.2, 0.25) is 0 Å². The molecule has 0 spiro atoms. The molecule has 6 heteroatoms. The van der Waals surface area contributed by atoms with E-state index >= 15 is 0 Å². The Labute approximate surface area is 155 Å². The monoisotopic (exact) mass is 369 g/mol. The highest BCUT2D eigenvalue weighted by Crippen LogP contribution is 2.27. The van der Waals surface area contributed by atoms with Crippen LogP contribution in [0.4, 0.5) is 30.2 Å². The number of halogens is 3. The lowest BCUT2D eigenvalue weighted by atomic mass is 10.2. The number of hydrogen-bond acceptors (Lipinski definition) is 3. The van der Waals surface area contributed by atoms with E-state index in [1.165, 1.54) is 36.4 Å². The van der Waals surface area contributed by atoms with Crippen molar-refractivity contribution in [1.82, 2.24) is 0 Å². The zero-order chi connectivity index (χ0) is 18.8. The maximum absolute atomic E-state index is 13.7. The first-order valence-electron chi connectivity index (χ1n) is 8.60. The number of hydrogen-bond donors (Lipinski definition) is 0. The van der Waals surface area contributed by atoms with Crippen molar-refractivity contribution < 1.29 is 13.2 Å². The number of benzene rings is 3. The van der Waals surface area contributed by atoms with E-state index in [4.69, 9.17) is 0 Å². The molecule has 1 heterocycles. The molecule has 138 valence electrons. The van der Waals surface area contributed by atoms with E-state index in [0.29, 0.717) is 37.1 Å². The van der Waals surface area contributed by atoms with Crippen LogP contribution in [0.15, 0.2) is 72.8 Å². The molecule has 3 nitrogen and oxygen atoms in total. The Morgan fingerprint density at radius 1 is 0.481 bits per heavy atom. The van der Waals surface area contributed by atoms with Crippen LogP contribution in [0.25, 0.3) is 0 Å². The van der Waals surface area contributed by atoms with Crippen LogP contribution in [0.2, 0.25) is 0 Å². The van der Waals surface area contributed by atoms with E-state index in [9.17, 15) is 13.2 Å².